The Kier molecular flexibility index (Phi) is 6.77. The van der Waals surface area contributed by atoms with Gasteiger partial charge >= 0.3 is 6.18 Å². The molecule has 21 heavy (non-hydrogen) atoms. The molecule has 1 aromatic rings. The van der Waals surface area contributed by atoms with E-state index in [1.54, 1.807) is 18.2 Å². The van der Waals surface area contributed by atoms with E-state index in [0.29, 0.717) is 17.9 Å². The molecular formula is C14H20F3NO3. The Morgan fingerprint density at radius 2 is 1.95 bits per heavy atom. The lowest BCUT2D eigenvalue weighted by Crippen LogP contribution is -2.18. The Balaban J connectivity index is 2.43. The van der Waals surface area contributed by atoms with Gasteiger partial charge in [-0.1, -0.05) is 6.07 Å². The van der Waals surface area contributed by atoms with Crippen LogP contribution in [0.3, 0.4) is 0 Å². The Labute approximate surface area is 122 Å². The molecule has 0 unspecified atom stereocenters. The van der Waals surface area contributed by atoms with Crippen LogP contribution in [0.15, 0.2) is 18.2 Å². The lowest BCUT2D eigenvalue weighted by atomic mass is 10.1. The highest BCUT2D eigenvalue weighted by Crippen LogP contribution is 2.28. The summed E-state index contributed by atoms with van der Waals surface area (Å²) >= 11 is 0. The van der Waals surface area contributed by atoms with Crippen molar-refractivity contribution in [1.29, 1.82) is 0 Å². The summed E-state index contributed by atoms with van der Waals surface area (Å²) in [6, 6.07) is 5.07. The molecule has 0 bridgehead atoms. The van der Waals surface area contributed by atoms with Crippen LogP contribution in [0.4, 0.5) is 13.2 Å². The Morgan fingerprint density at radius 3 is 2.52 bits per heavy atom. The first-order valence-electron chi connectivity index (χ1n) is 6.54. The maximum Gasteiger partial charge on any atom is 0.411 e. The minimum absolute atomic E-state index is 0.0169. The first-order valence-corrected chi connectivity index (χ1v) is 6.54. The quantitative estimate of drug-likeness (QED) is 0.750. The molecule has 0 spiro atoms. The highest BCUT2D eigenvalue weighted by Gasteiger charge is 2.27. The second-order valence-electron chi connectivity index (χ2n) is 4.56. The van der Waals surface area contributed by atoms with Gasteiger partial charge in [0.15, 0.2) is 0 Å². The van der Waals surface area contributed by atoms with E-state index in [2.05, 4.69) is 4.74 Å². The van der Waals surface area contributed by atoms with E-state index in [9.17, 15) is 13.2 Å². The van der Waals surface area contributed by atoms with Crippen molar-refractivity contribution in [3.63, 3.8) is 0 Å². The van der Waals surface area contributed by atoms with Crippen LogP contribution >= 0.6 is 0 Å². The van der Waals surface area contributed by atoms with Crippen LogP contribution in [0.25, 0.3) is 0 Å². The van der Waals surface area contributed by atoms with Gasteiger partial charge in [0.05, 0.1) is 20.3 Å². The molecule has 0 saturated carbocycles. The minimum atomic E-state index is -4.30. The fourth-order valence-corrected chi connectivity index (χ4v) is 1.67. The van der Waals surface area contributed by atoms with Crippen LogP contribution < -0.4 is 15.2 Å². The minimum Gasteiger partial charge on any atom is -0.497 e. The van der Waals surface area contributed by atoms with Crippen molar-refractivity contribution in [3.05, 3.63) is 23.8 Å². The molecule has 1 aromatic carbocycles. The van der Waals surface area contributed by atoms with Gasteiger partial charge in [0.2, 0.25) is 0 Å². The summed E-state index contributed by atoms with van der Waals surface area (Å²) in [4.78, 5) is 0. The standard InChI is InChI=1S/C14H20F3NO3/c1-10(18)12-5-4-11(19-2)8-13(12)21-7-3-6-20-9-14(15,16)17/h4-5,8,10H,3,6-7,9,18H2,1-2H3/t10-/m1/s1. The van der Waals surface area contributed by atoms with E-state index >= 15 is 0 Å². The van der Waals surface area contributed by atoms with E-state index in [1.165, 1.54) is 7.11 Å². The highest BCUT2D eigenvalue weighted by atomic mass is 19.4. The van der Waals surface area contributed by atoms with E-state index < -0.39 is 12.8 Å². The second-order valence-corrected chi connectivity index (χ2v) is 4.56. The van der Waals surface area contributed by atoms with Crippen molar-refractivity contribution >= 4 is 0 Å². The van der Waals surface area contributed by atoms with Gasteiger partial charge in [-0.05, 0) is 13.0 Å². The number of benzene rings is 1. The maximum absolute atomic E-state index is 11.9. The molecule has 1 rings (SSSR count). The van der Waals surface area contributed by atoms with E-state index in [1.807, 2.05) is 6.92 Å². The van der Waals surface area contributed by atoms with E-state index in [-0.39, 0.29) is 19.3 Å². The monoisotopic (exact) mass is 307 g/mol. The number of hydrogen-bond donors (Lipinski definition) is 1. The van der Waals surface area contributed by atoms with Gasteiger partial charge in [0, 0.05) is 24.1 Å². The molecule has 120 valence electrons. The zero-order valence-electron chi connectivity index (χ0n) is 12.1. The summed E-state index contributed by atoms with van der Waals surface area (Å²) < 4.78 is 50.8. The van der Waals surface area contributed by atoms with Gasteiger partial charge < -0.3 is 19.9 Å². The molecular weight excluding hydrogens is 287 g/mol. The molecule has 0 heterocycles. The van der Waals surface area contributed by atoms with E-state index in [0.717, 1.165) is 5.56 Å². The zero-order valence-corrected chi connectivity index (χ0v) is 12.1. The SMILES string of the molecule is COc1ccc([C@@H](C)N)c(OCCCOCC(F)(F)F)c1. The molecule has 0 amide bonds. The number of halogens is 3. The Morgan fingerprint density at radius 1 is 1.24 bits per heavy atom. The summed E-state index contributed by atoms with van der Waals surface area (Å²) in [5.41, 5.74) is 6.65. The predicted molar refractivity (Wildman–Crippen MR) is 72.6 cm³/mol. The fourth-order valence-electron chi connectivity index (χ4n) is 1.67. The van der Waals surface area contributed by atoms with Gasteiger partial charge in [-0.2, -0.15) is 13.2 Å². The van der Waals surface area contributed by atoms with Gasteiger partial charge in [-0.3, -0.25) is 0 Å². The summed E-state index contributed by atoms with van der Waals surface area (Å²) in [5.74, 6) is 1.20. The Hall–Kier alpha value is -1.47. The topological polar surface area (TPSA) is 53.7 Å². The summed E-state index contributed by atoms with van der Waals surface area (Å²) in [7, 11) is 1.54. The summed E-state index contributed by atoms with van der Waals surface area (Å²) in [6.45, 7) is 0.806. The number of methoxy groups -OCH3 is 1. The molecule has 0 saturated heterocycles. The van der Waals surface area contributed by atoms with Crippen LogP contribution in [0.1, 0.15) is 24.9 Å². The fraction of sp³-hybridized carbons (Fsp3) is 0.571. The van der Waals surface area contributed by atoms with Crippen LogP contribution in [0.5, 0.6) is 11.5 Å². The van der Waals surface area contributed by atoms with Crippen molar-refractivity contribution in [3.8, 4) is 11.5 Å². The zero-order chi connectivity index (χ0) is 15.9. The number of hydrogen-bond acceptors (Lipinski definition) is 4. The third-order valence-corrected chi connectivity index (χ3v) is 2.67. The van der Waals surface area contributed by atoms with Crippen molar-refractivity contribution in [2.75, 3.05) is 26.9 Å². The molecule has 2 N–H and O–H groups in total. The third-order valence-electron chi connectivity index (χ3n) is 2.67. The lowest BCUT2D eigenvalue weighted by Gasteiger charge is -2.15. The van der Waals surface area contributed by atoms with Crippen molar-refractivity contribution in [1.82, 2.24) is 0 Å². The number of rotatable bonds is 8. The predicted octanol–water partition coefficient (Wildman–Crippen LogP) is 3.06. The van der Waals surface area contributed by atoms with Crippen molar-refractivity contribution in [2.24, 2.45) is 5.73 Å². The normalized spacial score (nSPS) is 13.0. The average molecular weight is 307 g/mol. The van der Waals surface area contributed by atoms with Crippen LogP contribution in [0, 0.1) is 0 Å². The number of alkyl halides is 3. The van der Waals surface area contributed by atoms with Gasteiger partial charge in [-0.25, -0.2) is 0 Å². The molecule has 0 aliphatic rings. The molecule has 7 heteroatoms. The molecule has 0 fully saturated rings. The van der Waals surface area contributed by atoms with Crippen molar-refractivity contribution < 1.29 is 27.4 Å². The van der Waals surface area contributed by atoms with Crippen LogP contribution in [0.2, 0.25) is 0 Å². The van der Waals surface area contributed by atoms with E-state index in [4.69, 9.17) is 15.2 Å². The lowest BCUT2D eigenvalue weighted by molar-refractivity contribution is -0.174. The van der Waals surface area contributed by atoms with Crippen molar-refractivity contribution in [2.45, 2.75) is 25.6 Å². The maximum atomic E-state index is 11.9. The number of ether oxygens (including phenoxy) is 3. The van der Waals surface area contributed by atoms with Crippen LogP contribution in [-0.2, 0) is 4.74 Å². The van der Waals surface area contributed by atoms with Gasteiger partial charge in [0.25, 0.3) is 0 Å². The first kappa shape index (κ1) is 17.6. The molecule has 0 radical (unpaired) electrons. The largest absolute Gasteiger partial charge is 0.497 e. The Bertz CT molecular complexity index is 436. The first-order chi connectivity index (χ1) is 9.83. The summed E-state index contributed by atoms with van der Waals surface area (Å²) in [5, 5.41) is 0. The van der Waals surface area contributed by atoms with Crippen LogP contribution in [-0.4, -0.2) is 33.1 Å². The number of nitrogens with two attached hydrogens (primary N) is 1. The second kappa shape index (κ2) is 8.09. The summed E-state index contributed by atoms with van der Waals surface area (Å²) in [6.07, 6.45) is -3.94. The van der Waals surface area contributed by atoms with Gasteiger partial charge in [0.1, 0.15) is 18.1 Å². The third kappa shape index (κ3) is 6.68. The molecule has 1 atom stereocenters. The average Bonchev–Trinajstić information content (AvgIpc) is 2.41. The molecule has 0 aliphatic heterocycles. The highest BCUT2D eigenvalue weighted by molar-refractivity contribution is 5.42. The van der Waals surface area contributed by atoms with Gasteiger partial charge in [-0.15, -0.1) is 0 Å². The molecule has 0 aromatic heterocycles. The smallest absolute Gasteiger partial charge is 0.411 e. The molecule has 4 nitrogen and oxygen atoms in total. The molecule has 0 aliphatic carbocycles.